The average Bonchev–Trinajstić information content (AvgIpc) is 2.08. The zero-order valence-corrected chi connectivity index (χ0v) is 9.70. The van der Waals surface area contributed by atoms with Crippen LogP contribution in [0.1, 0.15) is 26.2 Å². The molecule has 0 rings (SSSR count). The minimum absolute atomic E-state index is 0.220. The molecule has 0 spiro atoms. The molecule has 1 amide bonds. The number of carbonyl (C=O) groups is 1. The van der Waals surface area contributed by atoms with Crippen LogP contribution in [0.5, 0.6) is 0 Å². The molecule has 0 fully saturated rings. The van der Waals surface area contributed by atoms with Gasteiger partial charge in [-0.1, -0.05) is 13.3 Å². The first-order valence-electron chi connectivity index (χ1n) is 4.16. The van der Waals surface area contributed by atoms with Crippen LogP contribution >= 0.6 is 16.4 Å². The molecule has 0 aromatic carbocycles. The van der Waals surface area contributed by atoms with Crippen molar-refractivity contribution in [1.82, 2.24) is 5.32 Å². The smallest absolute Gasteiger partial charge is 0.354 e. The topological polar surface area (TPSA) is 107 Å². The number of nitrogens with one attached hydrogen (secondary N) is 1. The molecule has 2 unspecified atom stereocenters. The van der Waals surface area contributed by atoms with Gasteiger partial charge >= 0.3 is 7.60 Å². The Morgan fingerprint density at radius 2 is 2.14 bits per heavy atom. The lowest BCUT2D eigenvalue weighted by Crippen LogP contribution is -2.31. The molecule has 0 saturated carbocycles. The SMILES string of the molecule is CCCCC(=O)NC(PO)P(=O)(O)O. The third kappa shape index (κ3) is 5.68. The molecule has 4 N–H and O–H groups in total. The van der Waals surface area contributed by atoms with E-state index < -0.39 is 27.8 Å². The average molecular weight is 243 g/mol. The minimum Gasteiger partial charge on any atom is -0.374 e. The molecule has 0 bridgehead atoms. The molecule has 0 radical (unpaired) electrons. The van der Waals surface area contributed by atoms with Crippen LogP contribution in [0.4, 0.5) is 0 Å². The summed E-state index contributed by atoms with van der Waals surface area (Å²) in [5, 5.41) is 2.10. The van der Waals surface area contributed by atoms with E-state index >= 15 is 0 Å². The van der Waals surface area contributed by atoms with Crippen LogP contribution < -0.4 is 5.32 Å². The standard InChI is InChI=1S/C6H15NO5P2/c1-2-3-4-5(8)7-6(13-9)14(10,11)12/h6,9,13H,2-4H2,1H3,(H,7,8)(H2,10,11,12). The van der Waals surface area contributed by atoms with Gasteiger partial charge in [-0.3, -0.25) is 9.36 Å². The van der Waals surface area contributed by atoms with Gasteiger partial charge in [0.05, 0.1) is 0 Å². The van der Waals surface area contributed by atoms with E-state index in [9.17, 15) is 9.36 Å². The molecule has 0 aliphatic heterocycles. The maximum absolute atomic E-state index is 11.1. The summed E-state index contributed by atoms with van der Waals surface area (Å²) in [7, 11) is -5.43. The Labute approximate surface area is 84.1 Å². The van der Waals surface area contributed by atoms with E-state index in [1.807, 2.05) is 6.92 Å². The van der Waals surface area contributed by atoms with Gasteiger partial charge in [0.1, 0.15) is 0 Å². The quantitative estimate of drug-likeness (QED) is 0.503. The van der Waals surface area contributed by atoms with E-state index in [0.29, 0.717) is 6.42 Å². The first-order chi connectivity index (χ1) is 6.41. The maximum Gasteiger partial charge on any atom is 0.354 e. The van der Waals surface area contributed by atoms with Crippen LogP contribution in [0.15, 0.2) is 0 Å². The normalized spacial score (nSPS) is 14.6. The Balaban J connectivity index is 4.06. The molecule has 0 aromatic heterocycles. The molecule has 0 heterocycles. The van der Waals surface area contributed by atoms with Crippen LogP contribution in [0.25, 0.3) is 0 Å². The van der Waals surface area contributed by atoms with Crippen LogP contribution in [0.2, 0.25) is 0 Å². The Bertz CT molecular complexity index is 228. The van der Waals surface area contributed by atoms with Crippen molar-refractivity contribution in [3.8, 4) is 0 Å². The second-order valence-electron chi connectivity index (χ2n) is 2.79. The lowest BCUT2D eigenvalue weighted by molar-refractivity contribution is -0.121. The molecular formula is C6H15NO5P2. The monoisotopic (exact) mass is 243 g/mol. The van der Waals surface area contributed by atoms with Crippen molar-refractivity contribution in [3.63, 3.8) is 0 Å². The Hall–Kier alpha value is 0.01000. The van der Waals surface area contributed by atoms with Gasteiger partial charge in [0.25, 0.3) is 0 Å². The highest BCUT2D eigenvalue weighted by atomic mass is 31.2. The fourth-order valence-electron chi connectivity index (χ4n) is 0.754. The molecule has 14 heavy (non-hydrogen) atoms. The van der Waals surface area contributed by atoms with E-state index in [2.05, 4.69) is 5.32 Å². The van der Waals surface area contributed by atoms with E-state index in [1.165, 1.54) is 0 Å². The van der Waals surface area contributed by atoms with Crippen LogP contribution in [-0.2, 0) is 9.36 Å². The van der Waals surface area contributed by atoms with Gasteiger partial charge in [0, 0.05) is 15.2 Å². The van der Waals surface area contributed by atoms with Crippen molar-refractivity contribution >= 4 is 22.3 Å². The van der Waals surface area contributed by atoms with E-state index in [-0.39, 0.29) is 6.42 Å². The molecule has 8 heteroatoms. The summed E-state index contributed by atoms with van der Waals surface area (Å²) in [6, 6.07) is 0. The Morgan fingerprint density at radius 3 is 2.50 bits per heavy atom. The number of amides is 1. The van der Waals surface area contributed by atoms with Crippen molar-refractivity contribution in [2.24, 2.45) is 0 Å². The van der Waals surface area contributed by atoms with Gasteiger partial charge in [-0.2, -0.15) is 0 Å². The van der Waals surface area contributed by atoms with E-state index in [1.54, 1.807) is 0 Å². The highest BCUT2D eigenvalue weighted by molar-refractivity contribution is 7.63. The molecule has 84 valence electrons. The molecule has 0 aromatic rings. The van der Waals surface area contributed by atoms with Crippen LogP contribution in [0.3, 0.4) is 0 Å². The number of hydrogen-bond acceptors (Lipinski definition) is 3. The largest absolute Gasteiger partial charge is 0.374 e. The third-order valence-electron chi connectivity index (χ3n) is 1.51. The minimum atomic E-state index is -4.43. The summed E-state index contributed by atoms with van der Waals surface area (Å²) in [5.74, 6) is -0.443. The fourth-order valence-corrected chi connectivity index (χ4v) is 1.89. The van der Waals surface area contributed by atoms with Crippen molar-refractivity contribution in [2.75, 3.05) is 0 Å². The zero-order valence-electron chi connectivity index (χ0n) is 7.80. The zero-order chi connectivity index (χ0) is 11.2. The molecular weight excluding hydrogens is 228 g/mol. The lowest BCUT2D eigenvalue weighted by Gasteiger charge is -2.16. The molecule has 0 aliphatic carbocycles. The lowest BCUT2D eigenvalue weighted by atomic mass is 10.2. The van der Waals surface area contributed by atoms with Crippen molar-refractivity contribution in [2.45, 2.75) is 31.7 Å². The second-order valence-corrected chi connectivity index (χ2v) is 5.81. The summed E-state index contributed by atoms with van der Waals surface area (Å²) in [6.07, 6.45) is 1.71. The van der Waals surface area contributed by atoms with Crippen LogP contribution in [0, 0.1) is 0 Å². The van der Waals surface area contributed by atoms with Gasteiger partial charge in [-0.05, 0) is 6.42 Å². The third-order valence-corrected chi connectivity index (χ3v) is 4.06. The number of hydrogen-bond donors (Lipinski definition) is 4. The van der Waals surface area contributed by atoms with Gasteiger partial charge in [0.2, 0.25) is 5.91 Å². The number of unbranched alkanes of at least 4 members (excludes halogenated alkanes) is 1. The van der Waals surface area contributed by atoms with Gasteiger partial charge in [-0.15, -0.1) is 0 Å². The van der Waals surface area contributed by atoms with E-state index in [0.717, 1.165) is 6.42 Å². The molecule has 6 nitrogen and oxygen atoms in total. The predicted molar refractivity (Wildman–Crippen MR) is 54.0 cm³/mol. The Morgan fingerprint density at radius 1 is 1.57 bits per heavy atom. The van der Waals surface area contributed by atoms with E-state index in [4.69, 9.17) is 14.7 Å². The summed E-state index contributed by atoms with van der Waals surface area (Å²) in [5.41, 5.74) is -1.45. The molecule has 0 aliphatic rings. The number of carbonyl (C=O) groups excluding carboxylic acids is 1. The summed E-state index contributed by atoms with van der Waals surface area (Å²) in [4.78, 5) is 37.1. The van der Waals surface area contributed by atoms with Crippen molar-refractivity contribution in [3.05, 3.63) is 0 Å². The van der Waals surface area contributed by atoms with Crippen molar-refractivity contribution in [1.29, 1.82) is 0 Å². The van der Waals surface area contributed by atoms with Gasteiger partial charge in [0.15, 0.2) is 5.52 Å². The maximum atomic E-state index is 11.1. The summed E-state index contributed by atoms with van der Waals surface area (Å²) < 4.78 is 10.7. The highest BCUT2D eigenvalue weighted by Crippen LogP contribution is 2.46. The second kappa shape index (κ2) is 6.49. The molecule has 0 saturated heterocycles. The van der Waals surface area contributed by atoms with Crippen molar-refractivity contribution < 1.29 is 24.0 Å². The first-order valence-corrected chi connectivity index (χ1v) is 6.86. The number of rotatable bonds is 6. The molecule has 2 atom stereocenters. The van der Waals surface area contributed by atoms with Gasteiger partial charge < -0.3 is 20.0 Å². The summed E-state index contributed by atoms with van der Waals surface area (Å²) >= 11 is 0. The van der Waals surface area contributed by atoms with Crippen LogP contribution in [-0.4, -0.2) is 26.1 Å². The highest BCUT2D eigenvalue weighted by Gasteiger charge is 2.29. The summed E-state index contributed by atoms with van der Waals surface area (Å²) in [6.45, 7) is 1.90. The fraction of sp³-hybridized carbons (Fsp3) is 0.833. The van der Waals surface area contributed by atoms with Gasteiger partial charge in [-0.25, -0.2) is 0 Å². The Kier molecular flexibility index (Phi) is 6.49. The first kappa shape index (κ1) is 14.0. The predicted octanol–water partition coefficient (Wildman–Crippen LogP) is 0.340.